The first kappa shape index (κ1) is 19.4. The minimum atomic E-state index is -0.483. The van der Waals surface area contributed by atoms with Crippen molar-refractivity contribution in [1.29, 1.82) is 0 Å². The van der Waals surface area contributed by atoms with Crippen molar-refractivity contribution in [2.45, 2.75) is 13.5 Å². The van der Waals surface area contributed by atoms with Crippen LogP contribution in [0.15, 0.2) is 42.5 Å². The lowest BCUT2D eigenvalue weighted by Crippen LogP contribution is -2.48. The molecule has 0 aliphatic carbocycles. The molecule has 1 saturated heterocycles. The number of rotatable bonds is 5. The molecule has 0 atom stereocenters. The highest BCUT2D eigenvalue weighted by Crippen LogP contribution is 2.21. The largest absolute Gasteiger partial charge is 0.336 e. The Morgan fingerprint density at radius 3 is 2.36 bits per heavy atom. The molecule has 9 heteroatoms. The van der Waals surface area contributed by atoms with Gasteiger partial charge in [-0.05, 0) is 18.6 Å². The Morgan fingerprint density at radius 2 is 1.71 bits per heavy atom. The Labute approximate surface area is 161 Å². The fourth-order valence-corrected chi connectivity index (χ4v) is 3.26. The highest BCUT2D eigenvalue weighted by Gasteiger charge is 2.24. The van der Waals surface area contributed by atoms with Crippen LogP contribution in [0.1, 0.15) is 21.5 Å². The number of nitro groups is 2. The van der Waals surface area contributed by atoms with Crippen LogP contribution in [0.25, 0.3) is 0 Å². The third-order valence-corrected chi connectivity index (χ3v) is 4.84. The molecule has 0 spiro atoms. The maximum atomic E-state index is 12.7. The SMILES string of the molecule is Cc1ccc(C(=O)N2CCN(Cc3cccc([N+](=O)[O-])c3)CC2)cc1[N+](=O)[O-]. The number of aryl methyl sites for hydroxylation is 1. The molecule has 1 aliphatic rings. The van der Waals surface area contributed by atoms with Gasteiger partial charge in [0.05, 0.1) is 9.85 Å². The topological polar surface area (TPSA) is 110 Å². The molecule has 2 aromatic rings. The Balaban J connectivity index is 1.61. The Hall–Kier alpha value is -3.33. The van der Waals surface area contributed by atoms with Crippen LogP contribution in [-0.4, -0.2) is 51.7 Å². The van der Waals surface area contributed by atoms with Crippen molar-refractivity contribution in [3.05, 3.63) is 79.4 Å². The molecule has 0 N–H and O–H groups in total. The van der Waals surface area contributed by atoms with Gasteiger partial charge < -0.3 is 4.90 Å². The summed E-state index contributed by atoms with van der Waals surface area (Å²) in [5, 5.41) is 22.0. The summed E-state index contributed by atoms with van der Waals surface area (Å²) in [7, 11) is 0. The van der Waals surface area contributed by atoms with Gasteiger partial charge in [-0.3, -0.25) is 29.9 Å². The molecule has 0 radical (unpaired) electrons. The van der Waals surface area contributed by atoms with Crippen LogP contribution in [0.2, 0.25) is 0 Å². The zero-order valence-electron chi connectivity index (χ0n) is 15.4. The van der Waals surface area contributed by atoms with Crippen LogP contribution in [0.5, 0.6) is 0 Å². The molecule has 3 rings (SSSR count). The molecule has 1 fully saturated rings. The minimum absolute atomic E-state index is 0.0600. The summed E-state index contributed by atoms with van der Waals surface area (Å²) < 4.78 is 0. The average Bonchev–Trinajstić information content (AvgIpc) is 2.68. The van der Waals surface area contributed by atoms with Gasteiger partial charge >= 0.3 is 0 Å². The number of carbonyl (C=O) groups is 1. The van der Waals surface area contributed by atoms with Crippen molar-refractivity contribution >= 4 is 17.3 Å². The predicted octanol–water partition coefficient (Wildman–Crippen LogP) is 2.77. The summed E-state index contributed by atoms with van der Waals surface area (Å²) in [6.07, 6.45) is 0. The van der Waals surface area contributed by atoms with Gasteiger partial charge in [0.1, 0.15) is 0 Å². The zero-order valence-corrected chi connectivity index (χ0v) is 15.4. The molecule has 1 amide bonds. The lowest BCUT2D eigenvalue weighted by Gasteiger charge is -2.34. The van der Waals surface area contributed by atoms with Gasteiger partial charge in [0.25, 0.3) is 17.3 Å². The summed E-state index contributed by atoms with van der Waals surface area (Å²) in [6.45, 7) is 4.45. The standard InChI is InChI=1S/C19H20N4O5/c1-14-5-6-16(12-18(14)23(27)28)19(24)21-9-7-20(8-10-21)13-15-3-2-4-17(11-15)22(25)26/h2-6,11-12H,7-10,13H2,1H3. The fraction of sp³-hybridized carbons (Fsp3) is 0.316. The van der Waals surface area contributed by atoms with E-state index in [9.17, 15) is 25.0 Å². The smallest absolute Gasteiger partial charge is 0.273 e. The van der Waals surface area contributed by atoms with Crippen LogP contribution in [0.3, 0.4) is 0 Å². The Morgan fingerprint density at radius 1 is 1.00 bits per heavy atom. The first-order valence-corrected chi connectivity index (χ1v) is 8.85. The number of hydrogen-bond donors (Lipinski definition) is 0. The molecule has 0 unspecified atom stereocenters. The molecule has 28 heavy (non-hydrogen) atoms. The number of carbonyl (C=O) groups excluding carboxylic acids is 1. The van der Waals surface area contributed by atoms with Crippen molar-refractivity contribution < 1.29 is 14.6 Å². The van der Waals surface area contributed by atoms with Crippen LogP contribution in [0, 0.1) is 27.2 Å². The van der Waals surface area contributed by atoms with Crippen molar-refractivity contribution in [3.63, 3.8) is 0 Å². The molecule has 9 nitrogen and oxygen atoms in total. The first-order chi connectivity index (χ1) is 13.3. The van der Waals surface area contributed by atoms with Crippen molar-refractivity contribution in [1.82, 2.24) is 9.80 Å². The highest BCUT2D eigenvalue weighted by molar-refractivity contribution is 5.95. The van der Waals surface area contributed by atoms with E-state index in [0.717, 1.165) is 5.56 Å². The van der Waals surface area contributed by atoms with E-state index in [1.165, 1.54) is 12.1 Å². The molecular weight excluding hydrogens is 364 g/mol. The average molecular weight is 384 g/mol. The summed E-state index contributed by atoms with van der Waals surface area (Å²) in [5.74, 6) is -0.224. The second kappa shape index (κ2) is 8.13. The second-order valence-electron chi connectivity index (χ2n) is 6.75. The maximum Gasteiger partial charge on any atom is 0.273 e. The second-order valence-corrected chi connectivity index (χ2v) is 6.75. The lowest BCUT2D eigenvalue weighted by molar-refractivity contribution is -0.385. The van der Waals surface area contributed by atoms with E-state index in [2.05, 4.69) is 4.90 Å². The predicted molar refractivity (Wildman–Crippen MR) is 102 cm³/mol. The van der Waals surface area contributed by atoms with Gasteiger partial charge in [0, 0.05) is 62.0 Å². The van der Waals surface area contributed by atoms with E-state index < -0.39 is 9.85 Å². The number of nitro benzene ring substituents is 2. The van der Waals surface area contributed by atoms with Gasteiger partial charge in [-0.1, -0.05) is 18.2 Å². The molecule has 1 aliphatic heterocycles. The molecule has 0 bridgehead atoms. The summed E-state index contributed by atoms with van der Waals surface area (Å²) in [6, 6.07) is 11.1. The van der Waals surface area contributed by atoms with Gasteiger partial charge in [0.15, 0.2) is 0 Å². The van der Waals surface area contributed by atoms with E-state index in [0.29, 0.717) is 43.9 Å². The van der Waals surface area contributed by atoms with E-state index in [-0.39, 0.29) is 17.3 Å². The number of piperazine rings is 1. The van der Waals surface area contributed by atoms with Gasteiger partial charge in [-0.25, -0.2) is 0 Å². The maximum absolute atomic E-state index is 12.7. The number of amides is 1. The van der Waals surface area contributed by atoms with Gasteiger partial charge in [0.2, 0.25) is 0 Å². The van der Waals surface area contributed by atoms with Crippen LogP contribution in [0.4, 0.5) is 11.4 Å². The molecule has 2 aromatic carbocycles. The quantitative estimate of drug-likeness (QED) is 0.579. The molecule has 1 heterocycles. The fourth-order valence-electron chi connectivity index (χ4n) is 3.26. The first-order valence-electron chi connectivity index (χ1n) is 8.85. The summed E-state index contributed by atoms with van der Waals surface area (Å²) in [4.78, 5) is 37.6. The van der Waals surface area contributed by atoms with E-state index in [1.807, 2.05) is 6.07 Å². The lowest BCUT2D eigenvalue weighted by atomic mass is 10.1. The van der Waals surface area contributed by atoms with E-state index in [1.54, 1.807) is 36.1 Å². The Kier molecular flexibility index (Phi) is 5.65. The van der Waals surface area contributed by atoms with E-state index >= 15 is 0 Å². The van der Waals surface area contributed by atoms with Crippen LogP contribution in [-0.2, 0) is 6.54 Å². The number of nitrogens with zero attached hydrogens (tertiary/aromatic N) is 4. The van der Waals surface area contributed by atoms with Gasteiger partial charge in [-0.15, -0.1) is 0 Å². The van der Waals surface area contributed by atoms with Crippen LogP contribution < -0.4 is 0 Å². The third kappa shape index (κ3) is 4.32. The van der Waals surface area contributed by atoms with Crippen molar-refractivity contribution in [2.75, 3.05) is 26.2 Å². The summed E-state index contributed by atoms with van der Waals surface area (Å²) in [5.41, 5.74) is 1.68. The molecule has 0 aromatic heterocycles. The number of hydrogen-bond acceptors (Lipinski definition) is 6. The Bertz CT molecular complexity index is 922. The van der Waals surface area contributed by atoms with Crippen molar-refractivity contribution in [3.8, 4) is 0 Å². The number of benzene rings is 2. The molecular formula is C19H20N4O5. The zero-order chi connectivity index (χ0) is 20.3. The summed E-state index contributed by atoms with van der Waals surface area (Å²) >= 11 is 0. The van der Waals surface area contributed by atoms with Crippen LogP contribution >= 0.6 is 0 Å². The monoisotopic (exact) mass is 384 g/mol. The van der Waals surface area contributed by atoms with Crippen molar-refractivity contribution in [2.24, 2.45) is 0 Å². The number of non-ortho nitro benzene ring substituents is 1. The third-order valence-electron chi connectivity index (χ3n) is 4.84. The molecule has 0 saturated carbocycles. The highest BCUT2D eigenvalue weighted by atomic mass is 16.6. The van der Waals surface area contributed by atoms with E-state index in [4.69, 9.17) is 0 Å². The normalized spacial score (nSPS) is 14.7. The van der Waals surface area contributed by atoms with Gasteiger partial charge in [-0.2, -0.15) is 0 Å². The molecule has 146 valence electrons. The minimum Gasteiger partial charge on any atom is -0.336 e.